The highest BCUT2D eigenvalue weighted by Crippen LogP contribution is 2.26. The summed E-state index contributed by atoms with van der Waals surface area (Å²) >= 11 is 0. The maximum atomic E-state index is 13.2. The van der Waals surface area contributed by atoms with Crippen LogP contribution in [0.3, 0.4) is 0 Å². The number of amides is 2. The minimum Gasteiger partial charge on any atom is -0.324 e. The SMILES string of the molecule is Cc1ncc(NC(=O)CN2CCC[C@@H]2C)cc1NC(=O)c1nnn2cc(-c3cn(C(C)C)nc3C)ccc12. The predicted molar refractivity (Wildman–Crippen MR) is 145 cm³/mol. The van der Waals surface area contributed by atoms with Gasteiger partial charge in [-0.3, -0.25) is 24.2 Å². The minimum absolute atomic E-state index is 0.101. The van der Waals surface area contributed by atoms with Crippen molar-refractivity contribution < 1.29 is 9.59 Å². The number of rotatable bonds is 7. The van der Waals surface area contributed by atoms with Crippen LogP contribution in [-0.2, 0) is 4.79 Å². The van der Waals surface area contributed by atoms with Crippen LogP contribution in [0.15, 0.2) is 36.8 Å². The standard InChI is InChI=1S/C27H33N9O2/c1-16(2)35-14-22(18(4)32-35)20-8-9-24-26(31-33-36(24)13-20)27(38)30-23-11-21(12-28-19(23)5)29-25(37)15-34-10-6-7-17(34)3/h8-9,11-14,16-17H,6-7,10,15H2,1-5H3,(H,29,37)(H,30,38)/t17-/m0/s1. The Balaban J connectivity index is 1.31. The molecule has 11 heteroatoms. The summed E-state index contributed by atoms with van der Waals surface area (Å²) in [6.07, 6.45) is 7.67. The van der Waals surface area contributed by atoms with E-state index in [2.05, 4.69) is 56.7 Å². The van der Waals surface area contributed by atoms with Gasteiger partial charge >= 0.3 is 0 Å². The summed E-state index contributed by atoms with van der Waals surface area (Å²) in [6, 6.07) is 6.14. The van der Waals surface area contributed by atoms with Crippen molar-refractivity contribution in [3.05, 3.63) is 53.9 Å². The normalized spacial score (nSPS) is 15.9. The topological polar surface area (TPSA) is 122 Å². The molecule has 0 saturated carbocycles. The molecule has 5 heterocycles. The first-order chi connectivity index (χ1) is 18.2. The molecular formula is C27H33N9O2. The fraction of sp³-hybridized carbons (Fsp3) is 0.407. The van der Waals surface area contributed by atoms with Crippen LogP contribution >= 0.6 is 0 Å². The molecule has 0 aliphatic carbocycles. The molecule has 198 valence electrons. The van der Waals surface area contributed by atoms with Gasteiger partial charge in [-0.05, 0) is 66.1 Å². The van der Waals surface area contributed by atoms with Gasteiger partial charge in [-0.15, -0.1) is 5.10 Å². The number of likely N-dealkylation sites (tertiary alicyclic amines) is 1. The number of hydrogen-bond acceptors (Lipinski definition) is 7. The Labute approximate surface area is 221 Å². The van der Waals surface area contributed by atoms with Gasteiger partial charge in [-0.25, -0.2) is 4.52 Å². The third kappa shape index (κ3) is 5.14. The van der Waals surface area contributed by atoms with Crippen molar-refractivity contribution >= 4 is 28.7 Å². The molecule has 38 heavy (non-hydrogen) atoms. The van der Waals surface area contributed by atoms with E-state index in [-0.39, 0.29) is 17.6 Å². The Morgan fingerprint density at radius 1 is 1.13 bits per heavy atom. The molecule has 1 fully saturated rings. The lowest BCUT2D eigenvalue weighted by molar-refractivity contribution is -0.117. The zero-order chi connectivity index (χ0) is 27.0. The van der Waals surface area contributed by atoms with Gasteiger partial charge in [0.1, 0.15) is 0 Å². The highest BCUT2D eigenvalue weighted by Gasteiger charge is 2.23. The van der Waals surface area contributed by atoms with Crippen LogP contribution in [0, 0.1) is 13.8 Å². The van der Waals surface area contributed by atoms with E-state index >= 15 is 0 Å². The van der Waals surface area contributed by atoms with Gasteiger partial charge in [0.25, 0.3) is 5.91 Å². The van der Waals surface area contributed by atoms with Crippen LogP contribution in [0.1, 0.15) is 61.5 Å². The summed E-state index contributed by atoms with van der Waals surface area (Å²) in [5, 5.41) is 18.7. The largest absolute Gasteiger partial charge is 0.324 e. The number of anilines is 2. The summed E-state index contributed by atoms with van der Waals surface area (Å²) in [5.74, 6) is -0.508. The zero-order valence-corrected chi connectivity index (χ0v) is 22.4. The fourth-order valence-corrected chi connectivity index (χ4v) is 4.77. The van der Waals surface area contributed by atoms with Crippen molar-refractivity contribution in [1.29, 1.82) is 0 Å². The molecule has 5 rings (SSSR count). The van der Waals surface area contributed by atoms with E-state index in [0.29, 0.717) is 35.2 Å². The van der Waals surface area contributed by atoms with Crippen LogP contribution in [0.2, 0.25) is 0 Å². The molecule has 0 bridgehead atoms. The second kappa shape index (κ2) is 10.3. The predicted octanol–water partition coefficient (Wildman–Crippen LogP) is 3.86. The second-order valence-electron chi connectivity index (χ2n) is 10.2. The number of nitrogens with one attached hydrogen (secondary N) is 2. The Morgan fingerprint density at radius 2 is 1.95 bits per heavy atom. The van der Waals surface area contributed by atoms with E-state index in [1.165, 1.54) is 0 Å². The van der Waals surface area contributed by atoms with Gasteiger partial charge in [0.15, 0.2) is 5.69 Å². The van der Waals surface area contributed by atoms with E-state index in [0.717, 1.165) is 36.2 Å². The van der Waals surface area contributed by atoms with Crippen molar-refractivity contribution in [3.8, 4) is 11.1 Å². The third-order valence-corrected chi connectivity index (χ3v) is 7.04. The monoisotopic (exact) mass is 515 g/mol. The zero-order valence-electron chi connectivity index (χ0n) is 22.4. The number of pyridine rings is 2. The molecule has 2 N–H and O–H groups in total. The second-order valence-corrected chi connectivity index (χ2v) is 10.2. The van der Waals surface area contributed by atoms with E-state index in [4.69, 9.17) is 0 Å². The Kier molecular flexibility index (Phi) is 6.94. The van der Waals surface area contributed by atoms with Crippen LogP contribution in [0.4, 0.5) is 11.4 Å². The number of fused-ring (bicyclic) bond motifs is 1. The first-order valence-electron chi connectivity index (χ1n) is 12.9. The van der Waals surface area contributed by atoms with Crippen LogP contribution in [0.5, 0.6) is 0 Å². The summed E-state index contributed by atoms with van der Waals surface area (Å²) in [5.41, 5.74) is 5.28. The molecule has 1 saturated heterocycles. The first-order valence-corrected chi connectivity index (χ1v) is 12.9. The number of aryl methyl sites for hydroxylation is 2. The summed E-state index contributed by atoms with van der Waals surface area (Å²) in [6.45, 7) is 11.3. The Morgan fingerprint density at radius 3 is 2.66 bits per heavy atom. The average molecular weight is 516 g/mol. The summed E-state index contributed by atoms with van der Waals surface area (Å²) < 4.78 is 3.52. The number of hydrogen-bond donors (Lipinski definition) is 2. The van der Waals surface area contributed by atoms with Crippen molar-refractivity contribution in [2.45, 2.75) is 59.5 Å². The number of carbonyl (C=O) groups is 2. The molecule has 1 atom stereocenters. The molecular weight excluding hydrogens is 482 g/mol. The Bertz CT molecular complexity index is 1500. The molecule has 0 aromatic carbocycles. The average Bonchev–Trinajstić information content (AvgIpc) is 3.59. The van der Waals surface area contributed by atoms with Crippen molar-refractivity contribution in [3.63, 3.8) is 0 Å². The number of nitrogens with zero attached hydrogens (tertiary/aromatic N) is 7. The van der Waals surface area contributed by atoms with Gasteiger partial charge in [-0.2, -0.15) is 5.10 Å². The van der Waals surface area contributed by atoms with Gasteiger partial charge < -0.3 is 10.6 Å². The minimum atomic E-state index is -0.407. The van der Waals surface area contributed by atoms with Gasteiger partial charge in [0, 0.05) is 35.6 Å². The quantitative estimate of drug-likeness (QED) is 0.383. The Hall–Kier alpha value is -4.12. The summed E-state index contributed by atoms with van der Waals surface area (Å²) in [4.78, 5) is 32.2. The molecule has 0 radical (unpaired) electrons. The highest BCUT2D eigenvalue weighted by molar-refractivity contribution is 6.08. The van der Waals surface area contributed by atoms with Crippen molar-refractivity contribution in [2.75, 3.05) is 23.7 Å². The van der Waals surface area contributed by atoms with Gasteiger partial charge in [0.2, 0.25) is 5.91 Å². The van der Waals surface area contributed by atoms with E-state index in [1.54, 1.807) is 23.7 Å². The van der Waals surface area contributed by atoms with E-state index in [9.17, 15) is 9.59 Å². The molecule has 4 aromatic heterocycles. The van der Waals surface area contributed by atoms with E-state index < -0.39 is 5.91 Å². The smallest absolute Gasteiger partial charge is 0.278 e. The lowest BCUT2D eigenvalue weighted by Crippen LogP contribution is -2.35. The molecule has 0 spiro atoms. The number of carbonyl (C=O) groups excluding carboxylic acids is 2. The highest BCUT2D eigenvalue weighted by atomic mass is 16.2. The summed E-state index contributed by atoms with van der Waals surface area (Å²) in [7, 11) is 0. The lowest BCUT2D eigenvalue weighted by Gasteiger charge is -2.20. The maximum Gasteiger partial charge on any atom is 0.278 e. The molecule has 1 aliphatic rings. The maximum absolute atomic E-state index is 13.2. The van der Waals surface area contributed by atoms with Crippen LogP contribution in [0.25, 0.3) is 16.6 Å². The van der Waals surface area contributed by atoms with Crippen molar-refractivity contribution in [2.24, 2.45) is 0 Å². The van der Waals surface area contributed by atoms with Crippen LogP contribution in [-0.4, -0.2) is 65.4 Å². The first kappa shape index (κ1) is 25.5. The third-order valence-electron chi connectivity index (χ3n) is 7.04. The molecule has 4 aromatic rings. The van der Waals surface area contributed by atoms with Crippen LogP contribution < -0.4 is 10.6 Å². The van der Waals surface area contributed by atoms with Gasteiger partial charge in [0.05, 0.1) is 41.0 Å². The van der Waals surface area contributed by atoms with Gasteiger partial charge in [-0.1, -0.05) is 11.3 Å². The molecule has 0 unspecified atom stereocenters. The molecule has 11 nitrogen and oxygen atoms in total. The molecule has 2 amide bonds. The van der Waals surface area contributed by atoms with E-state index in [1.807, 2.05) is 36.1 Å². The van der Waals surface area contributed by atoms with Crippen molar-refractivity contribution in [1.82, 2.24) is 34.5 Å². The molecule has 1 aliphatic heterocycles. The lowest BCUT2D eigenvalue weighted by atomic mass is 10.1. The fourth-order valence-electron chi connectivity index (χ4n) is 4.77. The number of aromatic nitrogens is 6.